The van der Waals surface area contributed by atoms with Crippen LogP contribution in [0.1, 0.15) is 10.5 Å². The number of aromatic nitrogens is 4. The number of nitrogens with zero attached hydrogens (tertiary/aromatic N) is 4. The summed E-state index contributed by atoms with van der Waals surface area (Å²) in [6.07, 6.45) is 5.25. The van der Waals surface area contributed by atoms with E-state index >= 15 is 0 Å². The van der Waals surface area contributed by atoms with Crippen LogP contribution in [-0.4, -0.2) is 38.7 Å². The van der Waals surface area contributed by atoms with Gasteiger partial charge in [-0.05, 0) is 34.1 Å². The Bertz CT molecular complexity index is 920. The van der Waals surface area contributed by atoms with Gasteiger partial charge in [-0.15, -0.1) is 0 Å². The molecule has 8 nitrogen and oxygen atoms in total. The van der Waals surface area contributed by atoms with Crippen LogP contribution in [0.4, 0.5) is 5.69 Å². The average molecular weight is 404 g/mol. The fraction of sp³-hybridized carbons (Fsp3) is 0.188. The zero-order valence-electron chi connectivity index (χ0n) is 13.1. The largest absolute Gasteiger partial charge is 0.486 e. The van der Waals surface area contributed by atoms with E-state index in [9.17, 15) is 4.79 Å². The molecule has 0 fully saturated rings. The van der Waals surface area contributed by atoms with E-state index in [1.165, 1.54) is 0 Å². The van der Waals surface area contributed by atoms with Crippen molar-refractivity contribution in [3.8, 4) is 11.5 Å². The minimum Gasteiger partial charge on any atom is -0.486 e. The number of anilines is 1. The van der Waals surface area contributed by atoms with E-state index in [0.29, 0.717) is 42.8 Å². The molecule has 25 heavy (non-hydrogen) atoms. The number of hydrogen-bond donors (Lipinski definition) is 1. The van der Waals surface area contributed by atoms with Crippen molar-refractivity contribution >= 4 is 27.5 Å². The Labute approximate surface area is 151 Å². The summed E-state index contributed by atoms with van der Waals surface area (Å²) in [5.74, 6) is 1.01. The Balaban J connectivity index is 1.44. The molecule has 1 amide bonds. The van der Waals surface area contributed by atoms with E-state index in [4.69, 9.17) is 9.47 Å². The van der Waals surface area contributed by atoms with Crippen LogP contribution in [0.2, 0.25) is 0 Å². The molecule has 0 spiro atoms. The van der Waals surface area contributed by atoms with Crippen LogP contribution in [0, 0.1) is 0 Å². The highest BCUT2D eigenvalue weighted by Crippen LogP contribution is 2.32. The summed E-state index contributed by atoms with van der Waals surface area (Å²) in [5, 5.41) is 11.2. The number of benzene rings is 1. The first-order chi connectivity index (χ1) is 12.2. The number of hydrogen-bond acceptors (Lipinski definition) is 5. The summed E-state index contributed by atoms with van der Waals surface area (Å²) in [7, 11) is 0. The van der Waals surface area contributed by atoms with Crippen molar-refractivity contribution < 1.29 is 14.3 Å². The fourth-order valence-electron chi connectivity index (χ4n) is 2.44. The Morgan fingerprint density at radius 1 is 1.20 bits per heavy atom. The van der Waals surface area contributed by atoms with E-state index in [0.717, 1.165) is 4.47 Å². The molecule has 0 unspecified atom stereocenters. The van der Waals surface area contributed by atoms with Gasteiger partial charge in [0.1, 0.15) is 19.9 Å². The third kappa shape index (κ3) is 3.50. The topological polar surface area (TPSA) is 83.2 Å². The molecule has 1 aliphatic heterocycles. The maximum absolute atomic E-state index is 12.4. The number of amides is 1. The van der Waals surface area contributed by atoms with E-state index in [-0.39, 0.29) is 5.91 Å². The first-order valence-corrected chi connectivity index (χ1v) is 8.39. The quantitative estimate of drug-likeness (QED) is 0.722. The van der Waals surface area contributed by atoms with Gasteiger partial charge in [0.25, 0.3) is 5.91 Å². The highest BCUT2D eigenvalue weighted by atomic mass is 79.9. The van der Waals surface area contributed by atoms with Gasteiger partial charge in [0, 0.05) is 24.1 Å². The Kier molecular flexibility index (Phi) is 4.14. The zero-order valence-corrected chi connectivity index (χ0v) is 14.6. The molecule has 0 atom stereocenters. The van der Waals surface area contributed by atoms with Crippen LogP contribution in [0.25, 0.3) is 0 Å². The third-order valence-corrected chi connectivity index (χ3v) is 3.97. The lowest BCUT2D eigenvalue weighted by Crippen LogP contribution is -2.17. The van der Waals surface area contributed by atoms with Gasteiger partial charge in [-0.3, -0.25) is 9.48 Å². The highest BCUT2D eigenvalue weighted by Gasteiger charge is 2.14. The molecular formula is C16H14BrN5O3. The number of fused-ring (bicyclic) bond motifs is 1. The lowest BCUT2D eigenvalue weighted by Gasteiger charge is -2.18. The number of rotatable bonds is 4. The Morgan fingerprint density at radius 2 is 2.04 bits per heavy atom. The first-order valence-electron chi connectivity index (χ1n) is 7.60. The standard InChI is InChI=1S/C16H14BrN5O3/c17-11-8-18-22(9-11)10-21-4-3-13(20-21)16(23)19-12-1-2-14-15(7-12)25-6-5-24-14/h1-4,7-9H,5-6,10H2,(H,19,23). The molecule has 128 valence electrons. The summed E-state index contributed by atoms with van der Waals surface area (Å²) >= 11 is 3.34. The maximum atomic E-state index is 12.4. The molecule has 3 aromatic rings. The molecule has 0 bridgehead atoms. The van der Waals surface area contributed by atoms with Crippen molar-refractivity contribution in [3.63, 3.8) is 0 Å². The van der Waals surface area contributed by atoms with Gasteiger partial charge in [0.15, 0.2) is 17.2 Å². The van der Waals surface area contributed by atoms with Crippen molar-refractivity contribution in [3.05, 3.63) is 53.0 Å². The number of ether oxygens (including phenoxy) is 2. The second-order valence-electron chi connectivity index (χ2n) is 5.39. The van der Waals surface area contributed by atoms with Gasteiger partial charge in [-0.1, -0.05) is 0 Å². The summed E-state index contributed by atoms with van der Waals surface area (Å²) in [4.78, 5) is 12.4. The van der Waals surface area contributed by atoms with Crippen molar-refractivity contribution in [1.82, 2.24) is 19.6 Å². The summed E-state index contributed by atoms with van der Waals surface area (Å²) < 4.78 is 15.2. The minimum atomic E-state index is -0.294. The van der Waals surface area contributed by atoms with Crippen LogP contribution in [0.15, 0.2) is 47.3 Å². The highest BCUT2D eigenvalue weighted by molar-refractivity contribution is 9.10. The molecule has 2 aromatic heterocycles. The minimum absolute atomic E-state index is 0.294. The van der Waals surface area contributed by atoms with Gasteiger partial charge in [-0.2, -0.15) is 10.2 Å². The van der Waals surface area contributed by atoms with Crippen LogP contribution >= 0.6 is 15.9 Å². The van der Waals surface area contributed by atoms with Gasteiger partial charge in [-0.25, -0.2) is 4.68 Å². The number of carbonyl (C=O) groups excluding carboxylic acids is 1. The maximum Gasteiger partial charge on any atom is 0.276 e. The number of nitrogens with one attached hydrogen (secondary N) is 1. The normalized spacial score (nSPS) is 12.8. The number of halogens is 1. The molecule has 1 N–H and O–H groups in total. The second-order valence-corrected chi connectivity index (χ2v) is 6.31. The summed E-state index contributed by atoms with van der Waals surface area (Å²) in [5.41, 5.74) is 0.945. The molecule has 0 saturated heterocycles. The first kappa shape index (κ1) is 15.7. The molecule has 1 aliphatic rings. The van der Waals surface area contributed by atoms with Crippen molar-refractivity contribution in [2.75, 3.05) is 18.5 Å². The average Bonchev–Trinajstić information content (AvgIpc) is 3.24. The Morgan fingerprint density at radius 3 is 2.84 bits per heavy atom. The molecule has 0 aliphatic carbocycles. The third-order valence-electron chi connectivity index (χ3n) is 3.56. The fourth-order valence-corrected chi connectivity index (χ4v) is 2.77. The van der Waals surface area contributed by atoms with E-state index < -0.39 is 0 Å². The summed E-state index contributed by atoms with van der Waals surface area (Å²) in [6.45, 7) is 1.45. The van der Waals surface area contributed by atoms with E-state index in [2.05, 4.69) is 31.4 Å². The Hall–Kier alpha value is -2.81. The van der Waals surface area contributed by atoms with Gasteiger partial charge < -0.3 is 14.8 Å². The van der Waals surface area contributed by atoms with Crippen LogP contribution in [0.3, 0.4) is 0 Å². The van der Waals surface area contributed by atoms with Gasteiger partial charge in [0.05, 0.1) is 10.7 Å². The second kappa shape index (κ2) is 6.60. The summed E-state index contributed by atoms with van der Waals surface area (Å²) in [6, 6.07) is 6.94. The molecular weight excluding hydrogens is 390 g/mol. The van der Waals surface area contributed by atoms with Crippen LogP contribution < -0.4 is 14.8 Å². The molecule has 0 saturated carbocycles. The molecule has 9 heteroatoms. The molecule has 1 aromatic carbocycles. The number of carbonyl (C=O) groups is 1. The van der Waals surface area contributed by atoms with Crippen LogP contribution in [-0.2, 0) is 6.67 Å². The lowest BCUT2D eigenvalue weighted by molar-refractivity contribution is 0.102. The zero-order chi connectivity index (χ0) is 17.2. The predicted octanol–water partition coefficient (Wildman–Crippen LogP) is 2.37. The SMILES string of the molecule is O=C(Nc1ccc2c(c1)OCCO2)c1ccn(Cn2cc(Br)cn2)n1. The molecule has 4 rings (SSSR count). The lowest BCUT2D eigenvalue weighted by atomic mass is 10.2. The van der Waals surface area contributed by atoms with Crippen LogP contribution in [0.5, 0.6) is 11.5 Å². The molecule has 3 heterocycles. The van der Waals surface area contributed by atoms with Crippen molar-refractivity contribution in [2.45, 2.75) is 6.67 Å². The monoisotopic (exact) mass is 403 g/mol. The van der Waals surface area contributed by atoms with Gasteiger partial charge >= 0.3 is 0 Å². The smallest absolute Gasteiger partial charge is 0.276 e. The molecule has 0 radical (unpaired) electrons. The van der Waals surface area contributed by atoms with E-state index in [1.54, 1.807) is 46.0 Å². The van der Waals surface area contributed by atoms with Crippen molar-refractivity contribution in [1.29, 1.82) is 0 Å². The van der Waals surface area contributed by atoms with E-state index in [1.807, 2.05) is 6.20 Å². The van der Waals surface area contributed by atoms with Crippen molar-refractivity contribution in [2.24, 2.45) is 0 Å². The predicted molar refractivity (Wildman–Crippen MR) is 92.9 cm³/mol. The van der Waals surface area contributed by atoms with Gasteiger partial charge in [0.2, 0.25) is 0 Å².